The summed E-state index contributed by atoms with van der Waals surface area (Å²) in [5, 5.41) is 9.12. The smallest absolute Gasteiger partial charge is 0.220 e. The molecule has 0 saturated heterocycles. The zero-order valence-electron chi connectivity index (χ0n) is 14.3. The highest BCUT2D eigenvalue weighted by Crippen LogP contribution is 2.19. The van der Waals surface area contributed by atoms with Crippen LogP contribution in [-0.2, 0) is 4.79 Å². The van der Waals surface area contributed by atoms with E-state index in [0.29, 0.717) is 0 Å². The molecule has 1 amide bonds. The zero-order chi connectivity index (χ0) is 15.9. The van der Waals surface area contributed by atoms with Crippen molar-refractivity contribution >= 4 is 5.91 Å². The van der Waals surface area contributed by atoms with Crippen molar-refractivity contribution in [2.45, 2.75) is 90.9 Å². The molecule has 3 N–H and O–H groups in total. The molecule has 0 bridgehead atoms. The van der Waals surface area contributed by atoms with Gasteiger partial charge in [0.1, 0.15) is 0 Å². The first-order valence-corrected chi connectivity index (χ1v) is 9.03. The van der Waals surface area contributed by atoms with Crippen LogP contribution >= 0.6 is 0 Å². The molecule has 0 radical (unpaired) electrons. The van der Waals surface area contributed by atoms with Crippen molar-refractivity contribution in [3.8, 4) is 0 Å². The Labute approximate surface area is 131 Å². The van der Waals surface area contributed by atoms with Gasteiger partial charge >= 0.3 is 0 Å². The minimum atomic E-state index is -0.261. The van der Waals surface area contributed by atoms with Gasteiger partial charge in [0.15, 0.2) is 0 Å². The second kappa shape index (κ2) is 14.4. The molecule has 0 heterocycles. The maximum atomic E-state index is 11.3. The number of rotatable bonds is 15. The normalized spacial score (nSPS) is 14.0. The van der Waals surface area contributed by atoms with Crippen molar-refractivity contribution < 1.29 is 9.90 Å². The van der Waals surface area contributed by atoms with Gasteiger partial charge in [0.25, 0.3) is 0 Å². The van der Waals surface area contributed by atoms with Gasteiger partial charge in [-0.3, -0.25) is 4.79 Å². The summed E-state index contributed by atoms with van der Waals surface area (Å²) >= 11 is 0. The summed E-state index contributed by atoms with van der Waals surface area (Å²) in [7, 11) is 0. The van der Waals surface area contributed by atoms with Gasteiger partial charge in [-0.1, -0.05) is 84.5 Å². The fourth-order valence-electron chi connectivity index (χ4n) is 2.86. The molecule has 0 aliphatic carbocycles. The number of hydrogen-bond donors (Lipinski definition) is 2. The van der Waals surface area contributed by atoms with E-state index in [1.807, 2.05) is 6.92 Å². The minimum absolute atomic E-state index is 0.00868. The van der Waals surface area contributed by atoms with Crippen molar-refractivity contribution in [3.05, 3.63) is 0 Å². The van der Waals surface area contributed by atoms with Crippen LogP contribution in [0.25, 0.3) is 0 Å². The number of hydrogen-bond acceptors (Lipinski definition) is 2. The summed E-state index contributed by atoms with van der Waals surface area (Å²) < 4.78 is 0. The molecule has 0 rings (SSSR count). The minimum Gasteiger partial charge on any atom is -0.396 e. The zero-order valence-corrected chi connectivity index (χ0v) is 14.3. The Bertz CT molecular complexity index is 243. The molecule has 0 aromatic carbocycles. The SMILES string of the molecule is CCCCCCCCCCCCCC(C(N)=O)C(C)CO. The van der Waals surface area contributed by atoms with E-state index in [4.69, 9.17) is 10.8 Å². The van der Waals surface area contributed by atoms with E-state index in [-0.39, 0.29) is 24.3 Å². The van der Waals surface area contributed by atoms with Gasteiger partial charge in [0.2, 0.25) is 5.91 Å². The highest BCUT2D eigenvalue weighted by molar-refractivity contribution is 5.76. The maximum Gasteiger partial charge on any atom is 0.220 e. The standard InChI is InChI=1S/C18H37NO2/c1-3-4-5-6-7-8-9-10-11-12-13-14-17(18(19)21)16(2)15-20/h16-17,20H,3-15H2,1-2H3,(H2,19,21). The largest absolute Gasteiger partial charge is 0.396 e. The summed E-state index contributed by atoms with van der Waals surface area (Å²) in [5.41, 5.74) is 5.39. The molecule has 0 spiro atoms. The van der Waals surface area contributed by atoms with E-state index in [9.17, 15) is 4.79 Å². The molecular formula is C18H37NO2. The summed E-state index contributed by atoms with van der Waals surface area (Å²) in [6.45, 7) is 4.20. The van der Waals surface area contributed by atoms with E-state index in [2.05, 4.69) is 6.92 Å². The fourth-order valence-corrected chi connectivity index (χ4v) is 2.86. The molecular weight excluding hydrogens is 262 g/mol. The van der Waals surface area contributed by atoms with Gasteiger partial charge in [0.05, 0.1) is 0 Å². The number of carbonyl (C=O) groups is 1. The molecule has 0 aliphatic heterocycles. The molecule has 0 aromatic rings. The molecule has 0 fully saturated rings. The molecule has 21 heavy (non-hydrogen) atoms. The van der Waals surface area contributed by atoms with Gasteiger partial charge in [-0.25, -0.2) is 0 Å². The first-order chi connectivity index (χ1) is 10.1. The summed E-state index contributed by atoms with van der Waals surface area (Å²) in [4.78, 5) is 11.3. The Morgan fingerprint density at radius 1 is 0.905 bits per heavy atom. The molecule has 3 nitrogen and oxygen atoms in total. The number of carbonyl (C=O) groups excluding carboxylic acids is 1. The van der Waals surface area contributed by atoms with Crippen molar-refractivity contribution in [1.82, 2.24) is 0 Å². The average molecular weight is 299 g/mol. The van der Waals surface area contributed by atoms with E-state index >= 15 is 0 Å². The van der Waals surface area contributed by atoms with Crippen molar-refractivity contribution in [2.24, 2.45) is 17.6 Å². The van der Waals surface area contributed by atoms with Crippen molar-refractivity contribution in [3.63, 3.8) is 0 Å². The predicted molar refractivity (Wildman–Crippen MR) is 90.0 cm³/mol. The third-order valence-electron chi connectivity index (χ3n) is 4.46. The van der Waals surface area contributed by atoms with Crippen LogP contribution in [0.3, 0.4) is 0 Å². The van der Waals surface area contributed by atoms with E-state index in [1.54, 1.807) is 0 Å². The van der Waals surface area contributed by atoms with Gasteiger partial charge in [-0.2, -0.15) is 0 Å². The third-order valence-corrected chi connectivity index (χ3v) is 4.46. The predicted octanol–water partition coefficient (Wildman–Crippen LogP) is 4.42. The Hall–Kier alpha value is -0.570. The highest BCUT2D eigenvalue weighted by atomic mass is 16.3. The van der Waals surface area contributed by atoms with Crippen LogP contribution in [0.2, 0.25) is 0 Å². The molecule has 0 aliphatic rings. The Kier molecular flexibility index (Phi) is 14.0. The maximum absolute atomic E-state index is 11.3. The third kappa shape index (κ3) is 11.7. The fraction of sp³-hybridized carbons (Fsp3) is 0.944. The van der Waals surface area contributed by atoms with Crippen LogP contribution in [0, 0.1) is 11.8 Å². The molecule has 126 valence electrons. The second-order valence-corrected chi connectivity index (χ2v) is 6.49. The quantitative estimate of drug-likeness (QED) is 0.440. The van der Waals surface area contributed by atoms with Crippen LogP contribution < -0.4 is 5.73 Å². The molecule has 2 unspecified atom stereocenters. The number of amides is 1. The number of unbranched alkanes of at least 4 members (excludes halogenated alkanes) is 10. The van der Waals surface area contributed by atoms with Gasteiger partial charge in [0, 0.05) is 12.5 Å². The number of primary amides is 1. The lowest BCUT2D eigenvalue weighted by Crippen LogP contribution is -2.30. The van der Waals surface area contributed by atoms with Crippen LogP contribution in [0.4, 0.5) is 0 Å². The van der Waals surface area contributed by atoms with Gasteiger partial charge in [-0.05, 0) is 12.3 Å². The van der Waals surface area contributed by atoms with Crippen LogP contribution in [0.1, 0.15) is 90.9 Å². The lowest BCUT2D eigenvalue weighted by Gasteiger charge is -2.18. The summed E-state index contributed by atoms with van der Waals surface area (Å²) in [5.74, 6) is -0.428. The molecule has 0 aromatic heterocycles. The van der Waals surface area contributed by atoms with Crippen molar-refractivity contribution in [2.75, 3.05) is 6.61 Å². The van der Waals surface area contributed by atoms with Gasteiger partial charge < -0.3 is 10.8 Å². The summed E-state index contributed by atoms with van der Waals surface area (Å²) in [6, 6.07) is 0. The summed E-state index contributed by atoms with van der Waals surface area (Å²) in [6.07, 6.45) is 15.2. The highest BCUT2D eigenvalue weighted by Gasteiger charge is 2.21. The van der Waals surface area contributed by atoms with Crippen LogP contribution in [0.5, 0.6) is 0 Å². The van der Waals surface area contributed by atoms with Crippen LogP contribution in [-0.4, -0.2) is 17.6 Å². The van der Waals surface area contributed by atoms with Gasteiger partial charge in [-0.15, -0.1) is 0 Å². The second-order valence-electron chi connectivity index (χ2n) is 6.49. The number of aliphatic hydroxyl groups is 1. The van der Waals surface area contributed by atoms with Crippen molar-refractivity contribution in [1.29, 1.82) is 0 Å². The van der Waals surface area contributed by atoms with E-state index < -0.39 is 0 Å². The molecule has 2 atom stereocenters. The Morgan fingerprint density at radius 3 is 1.71 bits per heavy atom. The first kappa shape index (κ1) is 20.4. The molecule has 3 heteroatoms. The monoisotopic (exact) mass is 299 g/mol. The van der Waals surface area contributed by atoms with E-state index in [0.717, 1.165) is 12.8 Å². The first-order valence-electron chi connectivity index (χ1n) is 9.03. The Morgan fingerprint density at radius 2 is 1.33 bits per heavy atom. The lowest BCUT2D eigenvalue weighted by molar-refractivity contribution is -0.124. The van der Waals surface area contributed by atoms with E-state index in [1.165, 1.54) is 64.2 Å². The Balaban J connectivity index is 3.40. The number of nitrogens with two attached hydrogens (primary N) is 1. The number of aliphatic hydroxyl groups excluding tert-OH is 1. The lowest BCUT2D eigenvalue weighted by atomic mass is 9.88. The van der Waals surface area contributed by atoms with Crippen LogP contribution in [0.15, 0.2) is 0 Å². The average Bonchev–Trinajstić information content (AvgIpc) is 2.47. The molecule has 0 saturated carbocycles. The topological polar surface area (TPSA) is 63.3 Å².